The highest BCUT2D eigenvalue weighted by molar-refractivity contribution is 5.95. The highest BCUT2D eigenvalue weighted by Crippen LogP contribution is 2.25. The largest absolute Gasteiger partial charge is 0.459 e. The minimum atomic E-state index is -0.0986. The van der Waals surface area contributed by atoms with Crippen LogP contribution in [0.2, 0.25) is 0 Å². The second kappa shape index (κ2) is 7.13. The van der Waals surface area contributed by atoms with E-state index in [9.17, 15) is 9.59 Å². The SMILES string of the molecule is Cc1cc(C)cc(N(C)C(=O)C2CCN(C(=O)c3ccco3)CC2)c1. The Labute approximate surface area is 148 Å². The summed E-state index contributed by atoms with van der Waals surface area (Å²) in [4.78, 5) is 28.6. The van der Waals surface area contributed by atoms with Gasteiger partial charge >= 0.3 is 0 Å². The lowest BCUT2D eigenvalue weighted by Gasteiger charge is -2.33. The van der Waals surface area contributed by atoms with Gasteiger partial charge in [0.05, 0.1) is 6.26 Å². The van der Waals surface area contributed by atoms with E-state index in [0.717, 1.165) is 16.8 Å². The Bertz CT molecular complexity index is 739. The molecule has 2 amide bonds. The summed E-state index contributed by atoms with van der Waals surface area (Å²) >= 11 is 0. The molecule has 0 atom stereocenters. The van der Waals surface area contributed by atoms with E-state index in [1.54, 1.807) is 21.9 Å². The monoisotopic (exact) mass is 340 g/mol. The summed E-state index contributed by atoms with van der Waals surface area (Å²) in [6, 6.07) is 9.54. The number of piperidine rings is 1. The van der Waals surface area contributed by atoms with Crippen molar-refractivity contribution in [2.24, 2.45) is 5.92 Å². The first-order valence-corrected chi connectivity index (χ1v) is 8.64. The standard InChI is InChI=1S/C20H24N2O3/c1-14-11-15(2)13-17(12-14)21(3)19(23)16-6-8-22(9-7-16)20(24)18-5-4-10-25-18/h4-5,10-13,16H,6-9H2,1-3H3. The van der Waals surface area contributed by atoms with E-state index >= 15 is 0 Å². The maximum atomic E-state index is 12.8. The van der Waals surface area contributed by atoms with Gasteiger partial charge in [0.1, 0.15) is 0 Å². The van der Waals surface area contributed by atoms with Crippen LogP contribution in [0.5, 0.6) is 0 Å². The fraction of sp³-hybridized carbons (Fsp3) is 0.400. The molecule has 0 saturated carbocycles. The van der Waals surface area contributed by atoms with Crippen LogP contribution < -0.4 is 4.90 Å². The highest BCUT2D eigenvalue weighted by atomic mass is 16.3. The van der Waals surface area contributed by atoms with Crippen molar-refractivity contribution in [2.75, 3.05) is 25.0 Å². The van der Waals surface area contributed by atoms with Crippen molar-refractivity contribution in [3.63, 3.8) is 0 Å². The molecule has 0 aliphatic carbocycles. The summed E-state index contributed by atoms with van der Waals surface area (Å²) in [6.07, 6.45) is 2.86. The van der Waals surface area contributed by atoms with Crippen molar-refractivity contribution in [3.8, 4) is 0 Å². The van der Waals surface area contributed by atoms with Crippen molar-refractivity contribution in [3.05, 3.63) is 53.5 Å². The zero-order chi connectivity index (χ0) is 18.0. The summed E-state index contributed by atoms with van der Waals surface area (Å²) in [6.45, 7) is 5.23. The van der Waals surface area contributed by atoms with Crippen LogP contribution in [-0.2, 0) is 4.79 Å². The topological polar surface area (TPSA) is 53.8 Å². The molecule has 1 aliphatic rings. The van der Waals surface area contributed by atoms with Crippen LogP contribution in [0.15, 0.2) is 41.0 Å². The Morgan fingerprint density at radius 2 is 1.76 bits per heavy atom. The van der Waals surface area contributed by atoms with Gasteiger partial charge in [-0.2, -0.15) is 0 Å². The third-order valence-electron chi connectivity index (χ3n) is 4.79. The van der Waals surface area contributed by atoms with E-state index in [-0.39, 0.29) is 17.7 Å². The van der Waals surface area contributed by atoms with Crippen molar-refractivity contribution >= 4 is 17.5 Å². The van der Waals surface area contributed by atoms with Crippen LogP contribution in [0.4, 0.5) is 5.69 Å². The molecule has 2 aromatic rings. The molecule has 0 bridgehead atoms. The second-order valence-electron chi connectivity index (χ2n) is 6.79. The van der Waals surface area contributed by atoms with E-state index in [1.807, 2.05) is 33.0 Å². The molecule has 1 saturated heterocycles. The predicted octanol–water partition coefficient (Wildman–Crippen LogP) is 3.41. The van der Waals surface area contributed by atoms with Crippen LogP contribution in [0.3, 0.4) is 0 Å². The van der Waals surface area contributed by atoms with E-state index in [2.05, 4.69) is 6.07 Å². The number of benzene rings is 1. The average molecular weight is 340 g/mol. The molecule has 1 fully saturated rings. The van der Waals surface area contributed by atoms with Gasteiger partial charge in [-0.25, -0.2) is 0 Å². The summed E-state index contributed by atoms with van der Waals surface area (Å²) in [5, 5.41) is 0. The molecule has 1 aromatic carbocycles. The number of likely N-dealkylation sites (tertiary alicyclic amines) is 1. The highest BCUT2D eigenvalue weighted by Gasteiger charge is 2.30. The molecule has 25 heavy (non-hydrogen) atoms. The minimum absolute atomic E-state index is 0.0496. The van der Waals surface area contributed by atoms with Crippen LogP contribution >= 0.6 is 0 Å². The number of furan rings is 1. The fourth-order valence-electron chi connectivity index (χ4n) is 3.43. The zero-order valence-corrected chi connectivity index (χ0v) is 15.0. The maximum Gasteiger partial charge on any atom is 0.289 e. The molecule has 132 valence electrons. The number of amides is 2. The lowest BCUT2D eigenvalue weighted by atomic mass is 9.95. The second-order valence-corrected chi connectivity index (χ2v) is 6.79. The first-order chi connectivity index (χ1) is 12.0. The smallest absolute Gasteiger partial charge is 0.289 e. The fourth-order valence-corrected chi connectivity index (χ4v) is 3.43. The third kappa shape index (κ3) is 3.76. The lowest BCUT2D eigenvalue weighted by molar-refractivity contribution is -0.123. The summed E-state index contributed by atoms with van der Waals surface area (Å²) in [5.41, 5.74) is 3.22. The zero-order valence-electron chi connectivity index (χ0n) is 15.0. The Hall–Kier alpha value is -2.56. The molecule has 5 nitrogen and oxygen atoms in total. The predicted molar refractivity (Wildman–Crippen MR) is 96.7 cm³/mol. The summed E-state index contributed by atoms with van der Waals surface area (Å²) < 4.78 is 5.17. The molecule has 0 N–H and O–H groups in total. The van der Waals surface area contributed by atoms with E-state index < -0.39 is 0 Å². The van der Waals surface area contributed by atoms with E-state index in [1.165, 1.54) is 6.26 Å². The van der Waals surface area contributed by atoms with Gasteiger partial charge in [-0.05, 0) is 62.1 Å². The number of carbonyl (C=O) groups excluding carboxylic acids is 2. The number of anilines is 1. The van der Waals surface area contributed by atoms with Gasteiger partial charge in [-0.15, -0.1) is 0 Å². The van der Waals surface area contributed by atoms with Gasteiger partial charge < -0.3 is 14.2 Å². The number of hydrogen-bond acceptors (Lipinski definition) is 3. The van der Waals surface area contributed by atoms with Crippen LogP contribution in [0.25, 0.3) is 0 Å². The van der Waals surface area contributed by atoms with Gasteiger partial charge in [-0.3, -0.25) is 9.59 Å². The molecule has 0 unspecified atom stereocenters. The van der Waals surface area contributed by atoms with Crippen molar-refractivity contribution in [1.82, 2.24) is 4.90 Å². The molecule has 1 aliphatic heterocycles. The van der Waals surface area contributed by atoms with E-state index in [4.69, 9.17) is 4.42 Å². The normalized spacial score (nSPS) is 15.2. The number of aryl methyl sites for hydroxylation is 2. The number of nitrogens with zero attached hydrogens (tertiary/aromatic N) is 2. The van der Waals surface area contributed by atoms with Crippen LogP contribution in [0.1, 0.15) is 34.5 Å². The molecule has 0 radical (unpaired) electrons. The Balaban J connectivity index is 1.62. The third-order valence-corrected chi connectivity index (χ3v) is 4.79. The number of rotatable bonds is 3. The Morgan fingerprint density at radius 1 is 1.12 bits per heavy atom. The molecular formula is C20H24N2O3. The Kier molecular flexibility index (Phi) is 4.93. The van der Waals surface area contributed by atoms with Crippen molar-refractivity contribution in [2.45, 2.75) is 26.7 Å². The quantitative estimate of drug-likeness (QED) is 0.860. The minimum Gasteiger partial charge on any atom is -0.459 e. The average Bonchev–Trinajstić information content (AvgIpc) is 3.14. The molecule has 2 heterocycles. The van der Waals surface area contributed by atoms with Crippen molar-refractivity contribution < 1.29 is 14.0 Å². The van der Waals surface area contributed by atoms with Crippen LogP contribution in [0, 0.1) is 19.8 Å². The van der Waals surface area contributed by atoms with Gasteiger partial charge in [-0.1, -0.05) is 6.07 Å². The lowest BCUT2D eigenvalue weighted by Crippen LogP contribution is -2.43. The first kappa shape index (κ1) is 17.3. The van der Waals surface area contributed by atoms with Gasteiger partial charge in [0.15, 0.2) is 5.76 Å². The molecule has 5 heteroatoms. The Morgan fingerprint density at radius 3 is 2.32 bits per heavy atom. The summed E-state index contributed by atoms with van der Waals surface area (Å²) in [5.74, 6) is 0.331. The van der Waals surface area contributed by atoms with E-state index in [0.29, 0.717) is 31.7 Å². The first-order valence-electron chi connectivity index (χ1n) is 8.64. The van der Waals surface area contributed by atoms with Gasteiger partial charge in [0.2, 0.25) is 5.91 Å². The molecule has 0 spiro atoms. The van der Waals surface area contributed by atoms with Crippen LogP contribution in [-0.4, -0.2) is 36.9 Å². The molecular weight excluding hydrogens is 316 g/mol. The van der Waals surface area contributed by atoms with Gasteiger partial charge in [0, 0.05) is 31.7 Å². The number of hydrogen-bond donors (Lipinski definition) is 0. The molecule has 3 rings (SSSR count). The number of carbonyl (C=O) groups is 2. The molecule has 1 aromatic heterocycles. The van der Waals surface area contributed by atoms with Gasteiger partial charge in [0.25, 0.3) is 5.91 Å². The summed E-state index contributed by atoms with van der Waals surface area (Å²) in [7, 11) is 1.83. The van der Waals surface area contributed by atoms with Crippen molar-refractivity contribution in [1.29, 1.82) is 0 Å². The maximum absolute atomic E-state index is 12.8.